The summed E-state index contributed by atoms with van der Waals surface area (Å²) in [6.45, 7) is 0.903. The van der Waals surface area contributed by atoms with Crippen molar-refractivity contribution in [2.24, 2.45) is 0 Å². The van der Waals surface area contributed by atoms with Gasteiger partial charge in [0.15, 0.2) is 0 Å². The molecule has 4 nitrogen and oxygen atoms in total. The highest BCUT2D eigenvalue weighted by Gasteiger charge is 2.47. The second kappa shape index (κ2) is 10.1. The van der Waals surface area contributed by atoms with Crippen LogP contribution in [0.2, 0.25) is 0 Å². The number of hydrogen-bond donors (Lipinski definition) is 1. The molecule has 3 heterocycles. The van der Waals surface area contributed by atoms with Gasteiger partial charge in [-0.3, -0.25) is 0 Å². The molecule has 2 aromatic carbocycles. The molecule has 0 amide bonds. The van der Waals surface area contributed by atoms with Crippen LogP contribution in [0.3, 0.4) is 0 Å². The molecule has 0 saturated carbocycles. The minimum Gasteiger partial charge on any atom is -0.327 e. The standard InChI is InChI=1S/C26H27F5N4S/c27-21-15-20(25(8-10-32-11-9-25)34-13-12-33-17-34)22(28)14-19(21)16-35-24(26(29,30)31)7-6-23(36-35)18-4-2-1-3-5-18/h1-5,12-15,17,23-24,32H,6-11,16H2/t23-,24-/m1/s1. The van der Waals surface area contributed by atoms with E-state index in [2.05, 4.69) is 10.3 Å². The SMILES string of the molecule is Fc1cc(C2(n3ccnc3)CCNCC2)c(F)cc1CN1S[C@@H](c2ccccc2)CC[C@@H]1C(F)(F)F. The molecule has 10 heteroatoms. The van der Waals surface area contributed by atoms with Gasteiger partial charge in [-0.25, -0.2) is 18.1 Å². The van der Waals surface area contributed by atoms with Crippen molar-refractivity contribution in [2.45, 2.75) is 55.2 Å². The van der Waals surface area contributed by atoms with Crippen LogP contribution in [-0.2, 0) is 12.1 Å². The van der Waals surface area contributed by atoms with E-state index < -0.39 is 29.4 Å². The number of nitrogens with one attached hydrogen (secondary N) is 1. The monoisotopic (exact) mass is 522 g/mol. The third kappa shape index (κ3) is 4.90. The predicted molar refractivity (Wildman–Crippen MR) is 129 cm³/mol. The number of benzene rings is 2. The number of hydrogen-bond acceptors (Lipinski definition) is 4. The molecule has 2 aliphatic rings. The number of aromatic nitrogens is 2. The van der Waals surface area contributed by atoms with Gasteiger partial charge in [0, 0.05) is 35.3 Å². The molecular formula is C26H27F5N4S. The lowest BCUT2D eigenvalue weighted by Crippen LogP contribution is -2.45. The molecule has 0 spiro atoms. The van der Waals surface area contributed by atoms with Crippen LogP contribution in [0.1, 0.15) is 47.6 Å². The Morgan fingerprint density at radius 1 is 1.03 bits per heavy atom. The van der Waals surface area contributed by atoms with Crippen molar-refractivity contribution in [3.63, 3.8) is 0 Å². The highest BCUT2D eigenvalue weighted by Crippen LogP contribution is 2.47. The lowest BCUT2D eigenvalue weighted by molar-refractivity contribution is -0.174. The van der Waals surface area contributed by atoms with E-state index in [0.717, 1.165) is 23.6 Å². The fourth-order valence-electron chi connectivity index (χ4n) is 5.37. The highest BCUT2D eigenvalue weighted by atomic mass is 32.2. The maximum absolute atomic E-state index is 15.6. The van der Waals surface area contributed by atoms with Crippen molar-refractivity contribution in [3.05, 3.63) is 89.5 Å². The Kier molecular flexibility index (Phi) is 7.11. The van der Waals surface area contributed by atoms with E-state index >= 15 is 8.78 Å². The summed E-state index contributed by atoms with van der Waals surface area (Å²) < 4.78 is 75.7. The zero-order valence-corrected chi connectivity index (χ0v) is 20.3. The minimum absolute atomic E-state index is 0.0820. The molecule has 2 aliphatic heterocycles. The van der Waals surface area contributed by atoms with Crippen LogP contribution in [0.25, 0.3) is 0 Å². The quantitative estimate of drug-likeness (QED) is 0.319. The molecule has 0 bridgehead atoms. The molecule has 2 fully saturated rings. The molecule has 192 valence electrons. The molecule has 0 unspecified atom stereocenters. The maximum Gasteiger partial charge on any atom is 0.404 e. The van der Waals surface area contributed by atoms with Gasteiger partial charge in [0.2, 0.25) is 0 Å². The average Bonchev–Trinajstić information content (AvgIpc) is 3.42. The van der Waals surface area contributed by atoms with Crippen LogP contribution in [0.4, 0.5) is 22.0 Å². The lowest BCUT2D eigenvalue weighted by Gasteiger charge is -2.40. The van der Waals surface area contributed by atoms with Crippen molar-refractivity contribution in [3.8, 4) is 0 Å². The van der Waals surface area contributed by atoms with Gasteiger partial charge < -0.3 is 9.88 Å². The van der Waals surface area contributed by atoms with Crippen molar-refractivity contribution < 1.29 is 22.0 Å². The van der Waals surface area contributed by atoms with Crippen LogP contribution >= 0.6 is 11.9 Å². The van der Waals surface area contributed by atoms with Crippen LogP contribution < -0.4 is 5.32 Å². The number of halogens is 5. The Labute approximate surface area is 211 Å². The molecule has 5 rings (SSSR count). The summed E-state index contributed by atoms with van der Waals surface area (Å²) in [4.78, 5) is 4.09. The third-order valence-corrected chi connectivity index (χ3v) is 8.67. The van der Waals surface area contributed by atoms with Gasteiger partial charge in [-0.2, -0.15) is 13.2 Å². The first-order valence-electron chi connectivity index (χ1n) is 12.0. The average molecular weight is 523 g/mol. The van der Waals surface area contributed by atoms with E-state index in [1.807, 2.05) is 30.3 Å². The molecule has 1 N–H and O–H groups in total. The topological polar surface area (TPSA) is 33.1 Å². The first-order valence-corrected chi connectivity index (χ1v) is 12.8. The van der Waals surface area contributed by atoms with Gasteiger partial charge in [0.25, 0.3) is 0 Å². The summed E-state index contributed by atoms with van der Waals surface area (Å²) in [5.74, 6) is -1.32. The Morgan fingerprint density at radius 3 is 2.44 bits per heavy atom. The van der Waals surface area contributed by atoms with Gasteiger partial charge in [-0.1, -0.05) is 42.3 Å². The Balaban J connectivity index is 1.46. The number of imidazole rings is 1. The van der Waals surface area contributed by atoms with E-state index in [-0.39, 0.29) is 29.3 Å². The minimum atomic E-state index is -4.47. The van der Waals surface area contributed by atoms with E-state index in [1.54, 1.807) is 23.3 Å². The smallest absolute Gasteiger partial charge is 0.327 e. The Morgan fingerprint density at radius 2 is 1.78 bits per heavy atom. The number of piperidine rings is 1. The van der Waals surface area contributed by atoms with Crippen LogP contribution in [0.5, 0.6) is 0 Å². The zero-order valence-electron chi connectivity index (χ0n) is 19.5. The summed E-state index contributed by atoms with van der Waals surface area (Å²) in [6.07, 6.45) is 1.79. The third-order valence-electron chi connectivity index (χ3n) is 7.25. The molecule has 2 saturated heterocycles. The van der Waals surface area contributed by atoms with Crippen molar-refractivity contribution >= 4 is 11.9 Å². The summed E-state index contributed by atoms with van der Waals surface area (Å²) in [5, 5.41) is 3.06. The molecule has 36 heavy (non-hydrogen) atoms. The normalized spacial score (nSPS) is 23.0. The molecule has 1 aromatic heterocycles. The van der Waals surface area contributed by atoms with E-state index in [4.69, 9.17) is 0 Å². The summed E-state index contributed by atoms with van der Waals surface area (Å²) in [5.41, 5.74) is 0.228. The first-order chi connectivity index (χ1) is 17.3. The summed E-state index contributed by atoms with van der Waals surface area (Å²) in [6, 6.07) is 9.83. The summed E-state index contributed by atoms with van der Waals surface area (Å²) in [7, 11) is 0. The fourth-order valence-corrected chi connectivity index (χ4v) is 6.80. The van der Waals surface area contributed by atoms with E-state index in [0.29, 0.717) is 32.4 Å². The second-order valence-corrected chi connectivity index (χ2v) is 10.6. The van der Waals surface area contributed by atoms with Gasteiger partial charge in [0.1, 0.15) is 17.7 Å². The van der Waals surface area contributed by atoms with E-state index in [9.17, 15) is 13.2 Å². The molecule has 2 atom stereocenters. The first kappa shape index (κ1) is 25.2. The number of alkyl halides is 3. The number of rotatable bonds is 5. The van der Waals surface area contributed by atoms with Gasteiger partial charge >= 0.3 is 6.18 Å². The number of nitrogens with zero attached hydrogens (tertiary/aromatic N) is 3. The van der Waals surface area contributed by atoms with E-state index in [1.165, 1.54) is 10.4 Å². The van der Waals surface area contributed by atoms with Crippen LogP contribution in [0.15, 0.2) is 61.2 Å². The van der Waals surface area contributed by atoms with Gasteiger partial charge in [-0.15, -0.1) is 0 Å². The summed E-state index contributed by atoms with van der Waals surface area (Å²) >= 11 is 1.06. The maximum atomic E-state index is 15.6. The second-order valence-electron chi connectivity index (χ2n) is 9.39. The highest BCUT2D eigenvalue weighted by molar-refractivity contribution is 7.97. The molecular weight excluding hydrogens is 495 g/mol. The van der Waals surface area contributed by atoms with Crippen LogP contribution in [-0.4, -0.2) is 39.2 Å². The van der Waals surface area contributed by atoms with Gasteiger partial charge in [-0.05, 0) is 56.5 Å². The van der Waals surface area contributed by atoms with Crippen molar-refractivity contribution in [1.29, 1.82) is 0 Å². The Hall–Kier alpha value is -2.43. The largest absolute Gasteiger partial charge is 0.404 e. The fraction of sp³-hybridized carbons (Fsp3) is 0.423. The molecule has 3 aromatic rings. The zero-order chi connectivity index (χ0) is 25.3. The molecule has 0 aliphatic carbocycles. The molecule has 0 radical (unpaired) electrons. The Bertz CT molecular complexity index is 1160. The predicted octanol–water partition coefficient (Wildman–Crippen LogP) is 6.20. The van der Waals surface area contributed by atoms with Gasteiger partial charge in [0.05, 0.1) is 11.9 Å². The van der Waals surface area contributed by atoms with Crippen LogP contribution in [0, 0.1) is 11.6 Å². The lowest BCUT2D eigenvalue weighted by atomic mass is 9.80. The van der Waals surface area contributed by atoms with Crippen molar-refractivity contribution in [2.75, 3.05) is 13.1 Å². The van der Waals surface area contributed by atoms with Crippen molar-refractivity contribution in [1.82, 2.24) is 19.2 Å².